The lowest BCUT2D eigenvalue weighted by molar-refractivity contribution is -0.131. The summed E-state index contributed by atoms with van der Waals surface area (Å²) < 4.78 is 4.87. The van der Waals surface area contributed by atoms with Crippen molar-refractivity contribution in [2.75, 3.05) is 0 Å². The molecule has 2 rings (SSSR count). The van der Waals surface area contributed by atoms with Gasteiger partial charge in [0, 0.05) is 12.2 Å². The first-order valence-electron chi connectivity index (χ1n) is 5.28. The molecule has 19 heavy (non-hydrogen) atoms. The van der Waals surface area contributed by atoms with Crippen LogP contribution in [0.15, 0.2) is 27.4 Å². The molecule has 0 spiro atoms. The highest BCUT2D eigenvalue weighted by Gasteiger charge is 2.09. The minimum atomic E-state index is -1.17. The van der Waals surface area contributed by atoms with Crippen molar-refractivity contribution in [3.8, 4) is 6.07 Å². The summed E-state index contributed by atoms with van der Waals surface area (Å²) in [5.74, 6) is -1.26. The monoisotopic (exact) mass is 256 g/mol. The fraction of sp³-hybridized carbons (Fsp3) is 0.0769. The third-order valence-electron chi connectivity index (χ3n) is 2.44. The number of rotatable bonds is 2. The van der Waals surface area contributed by atoms with Crippen LogP contribution in [0.4, 0.5) is 0 Å². The summed E-state index contributed by atoms with van der Waals surface area (Å²) >= 11 is 0. The van der Waals surface area contributed by atoms with E-state index in [2.05, 4.69) is 4.98 Å². The molecule has 0 aliphatic heterocycles. The highest BCUT2D eigenvalue weighted by Crippen LogP contribution is 2.16. The van der Waals surface area contributed by atoms with Crippen molar-refractivity contribution in [2.24, 2.45) is 0 Å². The zero-order chi connectivity index (χ0) is 14.0. The number of hydrogen-bond acceptors (Lipinski definition) is 5. The minimum Gasteiger partial charge on any atom is -0.478 e. The molecular weight excluding hydrogens is 248 g/mol. The maximum absolute atomic E-state index is 11.8. The van der Waals surface area contributed by atoms with E-state index in [1.54, 1.807) is 13.0 Å². The van der Waals surface area contributed by atoms with Gasteiger partial charge in [0.1, 0.15) is 0 Å². The Bertz CT molecular complexity index is 797. The molecule has 0 atom stereocenters. The van der Waals surface area contributed by atoms with Crippen molar-refractivity contribution < 1.29 is 14.3 Å². The lowest BCUT2D eigenvalue weighted by Crippen LogP contribution is -2.05. The van der Waals surface area contributed by atoms with E-state index in [0.717, 1.165) is 12.2 Å². The second kappa shape index (κ2) is 4.74. The molecule has 0 unspecified atom stereocenters. The van der Waals surface area contributed by atoms with Crippen molar-refractivity contribution in [1.82, 2.24) is 4.98 Å². The van der Waals surface area contributed by atoms with Gasteiger partial charge < -0.3 is 9.52 Å². The van der Waals surface area contributed by atoms with Crippen molar-refractivity contribution in [3.05, 3.63) is 45.6 Å². The van der Waals surface area contributed by atoms with E-state index < -0.39 is 11.6 Å². The quantitative estimate of drug-likeness (QED) is 0.816. The topological polar surface area (TPSA) is 104 Å². The third-order valence-corrected chi connectivity index (χ3v) is 2.44. The van der Waals surface area contributed by atoms with Crippen LogP contribution in [0.5, 0.6) is 0 Å². The predicted octanol–water partition coefficient (Wildman–Crippen LogP) is 1.47. The molecule has 94 valence electrons. The zero-order valence-corrected chi connectivity index (χ0v) is 9.88. The number of nitriles is 1. The minimum absolute atomic E-state index is 0.0901. The summed E-state index contributed by atoms with van der Waals surface area (Å²) in [7, 11) is 0. The van der Waals surface area contributed by atoms with E-state index in [1.165, 1.54) is 6.07 Å². The van der Waals surface area contributed by atoms with Crippen LogP contribution in [0, 0.1) is 18.3 Å². The number of aromatic nitrogens is 1. The van der Waals surface area contributed by atoms with E-state index in [4.69, 9.17) is 14.8 Å². The second-order valence-corrected chi connectivity index (χ2v) is 3.81. The summed E-state index contributed by atoms with van der Waals surface area (Å²) in [6, 6.07) is 4.93. The molecule has 6 heteroatoms. The maximum Gasteiger partial charge on any atom is 0.347 e. The zero-order valence-electron chi connectivity index (χ0n) is 9.88. The maximum atomic E-state index is 11.8. The number of aliphatic carboxylic acids is 1. The third kappa shape index (κ3) is 2.50. The van der Waals surface area contributed by atoms with Crippen LogP contribution in [0.25, 0.3) is 17.0 Å². The Balaban J connectivity index is 2.71. The number of nitrogens with zero attached hydrogens (tertiary/aromatic N) is 2. The van der Waals surface area contributed by atoms with E-state index in [1.807, 2.05) is 6.07 Å². The van der Waals surface area contributed by atoms with Crippen LogP contribution in [0.2, 0.25) is 0 Å². The lowest BCUT2D eigenvalue weighted by Gasteiger charge is -2.01. The molecular formula is C13H8N2O4. The van der Waals surface area contributed by atoms with E-state index >= 15 is 0 Å². The summed E-state index contributed by atoms with van der Waals surface area (Å²) in [6.45, 7) is 1.71. The van der Waals surface area contributed by atoms with Gasteiger partial charge in [-0.05, 0) is 24.6 Å². The largest absolute Gasteiger partial charge is 0.478 e. The van der Waals surface area contributed by atoms with E-state index in [9.17, 15) is 9.59 Å². The average Bonchev–Trinajstić information content (AvgIpc) is 2.37. The highest BCUT2D eigenvalue weighted by molar-refractivity contribution is 5.86. The molecule has 0 saturated heterocycles. The number of fused-ring (bicyclic) bond motifs is 1. The first-order chi connectivity index (χ1) is 9.01. The molecule has 1 heterocycles. The fourth-order valence-electron chi connectivity index (χ4n) is 1.64. The van der Waals surface area contributed by atoms with Crippen LogP contribution >= 0.6 is 0 Å². The summed E-state index contributed by atoms with van der Waals surface area (Å²) in [6.07, 6.45) is 1.93. The van der Waals surface area contributed by atoms with Gasteiger partial charge in [-0.3, -0.25) is 0 Å². The second-order valence-electron chi connectivity index (χ2n) is 3.81. The van der Waals surface area contributed by atoms with Crippen LogP contribution in [-0.4, -0.2) is 16.1 Å². The van der Waals surface area contributed by atoms with E-state index in [0.29, 0.717) is 16.6 Å². The van der Waals surface area contributed by atoms with Gasteiger partial charge in [-0.25, -0.2) is 14.6 Å². The molecule has 0 amide bonds. The average molecular weight is 256 g/mol. The smallest absolute Gasteiger partial charge is 0.347 e. The number of hydrogen-bond donors (Lipinski definition) is 1. The summed E-state index contributed by atoms with van der Waals surface area (Å²) in [5, 5.41) is 17.5. The number of benzene rings is 1. The van der Waals surface area contributed by atoms with Crippen molar-refractivity contribution in [2.45, 2.75) is 6.92 Å². The highest BCUT2D eigenvalue weighted by atomic mass is 16.4. The van der Waals surface area contributed by atoms with Gasteiger partial charge in [-0.2, -0.15) is 5.26 Å². The molecule has 1 N–H and O–H groups in total. The molecule has 0 saturated carbocycles. The Morgan fingerprint density at radius 3 is 2.89 bits per heavy atom. The first kappa shape index (κ1) is 12.5. The standard InChI is InChI=1S/C13H8N2O4/c1-7-4-8(6-14)5-9-12(7)15-10(19-13(9)18)2-3-11(16)17/h2-5H,1H3,(H,16,17). The van der Waals surface area contributed by atoms with E-state index in [-0.39, 0.29) is 11.3 Å². The Morgan fingerprint density at radius 1 is 1.53 bits per heavy atom. The van der Waals surface area contributed by atoms with Gasteiger partial charge in [0.2, 0.25) is 5.89 Å². The summed E-state index contributed by atoms with van der Waals surface area (Å²) in [4.78, 5) is 26.2. The molecule has 1 aromatic carbocycles. The number of carbonyl (C=O) groups is 1. The van der Waals surface area contributed by atoms with Crippen LogP contribution < -0.4 is 5.63 Å². The molecule has 0 aliphatic carbocycles. The van der Waals surface area contributed by atoms with Crippen LogP contribution in [-0.2, 0) is 4.79 Å². The van der Waals surface area contributed by atoms with Gasteiger partial charge in [0.15, 0.2) is 0 Å². The molecule has 6 nitrogen and oxygen atoms in total. The number of carboxylic acid groups (broad SMARTS) is 1. The Hall–Kier alpha value is -2.94. The molecule has 0 radical (unpaired) electrons. The fourth-order valence-corrected chi connectivity index (χ4v) is 1.64. The van der Waals surface area contributed by atoms with Crippen LogP contribution in [0.1, 0.15) is 17.0 Å². The first-order valence-corrected chi connectivity index (χ1v) is 5.28. The number of aryl methyl sites for hydroxylation is 1. The van der Waals surface area contributed by atoms with Crippen molar-refractivity contribution >= 4 is 22.9 Å². The molecule has 1 aromatic heterocycles. The molecule has 0 aliphatic rings. The SMILES string of the molecule is Cc1cc(C#N)cc2c(=O)oc(C=CC(=O)O)nc12. The van der Waals surface area contributed by atoms with Crippen molar-refractivity contribution in [3.63, 3.8) is 0 Å². The van der Waals surface area contributed by atoms with Gasteiger partial charge >= 0.3 is 11.6 Å². The predicted molar refractivity (Wildman–Crippen MR) is 66.4 cm³/mol. The van der Waals surface area contributed by atoms with Gasteiger partial charge in [0.25, 0.3) is 0 Å². The Labute approximate surface area is 107 Å². The Morgan fingerprint density at radius 2 is 2.26 bits per heavy atom. The molecule has 0 bridgehead atoms. The van der Waals surface area contributed by atoms with Crippen LogP contribution in [0.3, 0.4) is 0 Å². The molecule has 0 fully saturated rings. The van der Waals surface area contributed by atoms with Gasteiger partial charge in [-0.1, -0.05) is 0 Å². The lowest BCUT2D eigenvalue weighted by atomic mass is 10.1. The van der Waals surface area contributed by atoms with Gasteiger partial charge in [0.05, 0.1) is 22.5 Å². The Kier molecular flexibility index (Phi) is 3.12. The van der Waals surface area contributed by atoms with Crippen molar-refractivity contribution in [1.29, 1.82) is 5.26 Å². The number of carboxylic acids is 1. The van der Waals surface area contributed by atoms with Gasteiger partial charge in [-0.15, -0.1) is 0 Å². The molecule has 2 aromatic rings. The summed E-state index contributed by atoms with van der Waals surface area (Å²) in [5.41, 5.74) is 0.718. The normalized spacial score (nSPS) is 10.7.